The second-order valence-corrected chi connectivity index (χ2v) is 32.2. The molecule has 5 atom stereocenters. The Bertz CT molecular complexity index is 1890. The maximum absolute atomic E-state index is 13.1. The number of hydrogen-bond acceptors (Lipinski definition) is 15. The molecule has 0 fully saturated rings. The first kappa shape index (κ1) is 97.1. The van der Waals surface area contributed by atoms with E-state index in [2.05, 4.69) is 34.6 Å². The summed E-state index contributed by atoms with van der Waals surface area (Å²) < 4.78 is 68.7. The average molecular weight is 1450 g/mol. The van der Waals surface area contributed by atoms with Gasteiger partial charge in [-0.25, -0.2) is 9.13 Å². The zero-order valence-electron chi connectivity index (χ0n) is 64.6. The van der Waals surface area contributed by atoms with Crippen molar-refractivity contribution in [3.05, 3.63) is 0 Å². The molecule has 0 aliphatic carbocycles. The van der Waals surface area contributed by atoms with Gasteiger partial charge in [-0.05, 0) is 31.6 Å². The third-order valence-electron chi connectivity index (χ3n) is 18.8. The molecule has 17 nitrogen and oxygen atoms in total. The minimum atomic E-state index is -4.96. The number of phosphoric acid groups is 2. The summed E-state index contributed by atoms with van der Waals surface area (Å²) in [5, 5.41) is 10.6. The molecular formula is C80H156O17P2. The first-order valence-corrected chi connectivity index (χ1v) is 44.6. The molecule has 19 heteroatoms. The monoisotopic (exact) mass is 1450 g/mol. The molecule has 0 radical (unpaired) electrons. The Labute approximate surface area is 607 Å². The predicted octanol–water partition coefficient (Wildman–Crippen LogP) is 24.0. The van der Waals surface area contributed by atoms with Crippen molar-refractivity contribution in [2.24, 2.45) is 5.92 Å². The highest BCUT2D eigenvalue weighted by Crippen LogP contribution is 2.45. The molecule has 99 heavy (non-hydrogen) atoms. The van der Waals surface area contributed by atoms with Crippen LogP contribution in [0.3, 0.4) is 0 Å². The van der Waals surface area contributed by atoms with Crippen LogP contribution in [0.5, 0.6) is 0 Å². The van der Waals surface area contributed by atoms with Gasteiger partial charge < -0.3 is 33.8 Å². The molecule has 0 aliphatic heterocycles. The van der Waals surface area contributed by atoms with Crippen molar-refractivity contribution in [3.8, 4) is 0 Å². The Kier molecular flexibility index (Phi) is 71.6. The van der Waals surface area contributed by atoms with E-state index in [1.165, 1.54) is 250 Å². The van der Waals surface area contributed by atoms with Crippen LogP contribution in [0, 0.1) is 5.92 Å². The molecule has 3 N–H and O–H groups in total. The largest absolute Gasteiger partial charge is 0.472 e. The number of carbonyl (C=O) groups is 4. The quantitative estimate of drug-likeness (QED) is 0.0222. The highest BCUT2D eigenvalue weighted by Gasteiger charge is 2.30. The van der Waals surface area contributed by atoms with Crippen LogP contribution in [0.2, 0.25) is 0 Å². The summed E-state index contributed by atoms with van der Waals surface area (Å²) in [4.78, 5) is 73.0. The second kappa shape index (κ2) is 73.0. The smallest absolute Gasteiger partial charge is 0.462 e. The summed E-state index contributed by atoms with van der Waals surface area (Å²) in [7, 11) is -9.92. The molecule has 0 aromatic heterocycles. The van der Waals surface area contributed by atoms with Crippen molar-refractivity contribution in [1.82, 2.24) is 0 Å². The molecule has 0 rings (SSSR count). The van der Waals surface area contributed by atoms with E-state index < -0.39 is 97.5 Å². The summed E-state index contributed by atoms with van der Waals surface area (Å²) in [6.07, 6.45) is 63.6. The standard InChI is InChI=1S/C80H156O17P2/c1-6-9-12-15-18-21-24-27-29-30-31-32-35-40-46-51-56-61-66-80(85)97-76(70-91-78(83)64-59-54-49-44-41-36-37-42-47-52-57-62-73(4)5)72-95-99(88,89)93-68-74(81)67-92-98(86,87)94-71-75(69-90-77(82)63-58-53-48-43-38-33-26-23-20-17-14-11-8-3)96-79(84)65-60-55-50-45-39-34-28-25-22-19-16-13-10-7-2/h73-76,81H,6-72H2,1-5H3,(H,86,87)(H,88,89)/t74-,75+,76+/m0/s1. The number of aliphatic hydroxyl groups is 1. The van der Waals surface area contributed by atoms with Crippen molar-refractivity contribution in [2.75, 3.05) is 39.6 Å². The summed E-state index contributed by atoms with van der Waals surface area (Å²) in [6, 6.07) is 0. The molecule has 0 aromatic carbocycles. The lowest BCUT2D eigenvalue weighted by Crippen LogP contribution is -2.30. The molecule has 0 heterocycles. The number of carbonyl (C=O) groups excluding carboxylic acids is 4. The SMILES string of the molecule is CCCCCCCCCCCCCCCCCCCCC(=O)O[C@H](COC(=O)CCCCCCCCCCCCCC(C)C)COP(=O)(O)OC[C@@H](O)COP(=O)(O)OC[C@@H](COC(=O)CCCCCCCCCCCCCCC)OC(=O)CCCCCCCCCCCCCCCC. The Balaban J connectivity index is 5.26. The molecule has 0 bridgehead atoms. The fraction of sp³-hybridized carbons (Fsp3) is 0.950. The molecule has 0 saturated carbocycles. The topological polar surface area (TPSA) is 237 Å². The van der Waals surface area contributed by atoms with Crippen molar-refractivity contribution in [2.45, 2.75) is 445 Å². The molecule has 0 amide bonds. The van der Waals surface area contributed by atoms with E-state index in [1.807, 2.05) is 0 Å². The Morgan fingerprint density at radius 1 is 0.273 bits per heavy atom. The molecule has 588 valence electrons. The van der Waals surface area contributed by atoms with Crippen LogP contribution < -0.4 is 0 Å². The van der Waals surface area contributed by atoms with Crippen LogP contribution in [-0.2, 0) is 65.4 Å². The van der Waals surface area contributed by atoms with E-state index in [-0.39, 0.29) is 25.7 Å². The Hall–Kier alpha value is -1.94. The summed E-state index contributed by atoms with van der Waals surface area (Å²) >= 11 is 0. The van der Waals surface area contributed by atoms with Gasteiger partial charge in [-0.2, -0.15) is 0 Å². The van der Waals surface area contributed by atoms with Gasteiger partial charge in [0.1, 0.15) is 19.3 Å². The maximum Gasteiger partial charge on any atom is 0.472 e. The zero-order chi connectivity index (χ0) is 72.7. The normalized spacial score (nSPS) is 13.9. The minimum absolute atomic E-state index is 0.109. The van der Waals surface area contributed by atoms with E-state index >= 15 is 0 Å². The van der Waals surface area contributed by atoms with Gasteiger partial charge in [0.05, 0.1) is 26.4 Å². The predicted molar refractivity (Wildman–Crippen MR) is 405 cm³/mol. The Morgan fingerprint density at radius 3 is 0.687 bits per heavy atom. The minimum Gasteiger partial charge on any atom is -0.462 e. The second-order valence-electron chi connectivity index (χ2n) is 29.3. The van der Waals surface area contributed by atoms with E-state index in [9.17, 15) is 43.2 Å². The number of aliphatic hydroxyl groups excluding tert-OH is 1. The van der Waals surface area contributed by atoms with Gasteiger partial charge >= 0.3 is 39.5 Å². The number of phosphoric ester groups is 2. The van der Waals surface area contributed by atoms with Gasteiger partial charge in [0.15, 0.2) is 12.2 Å². The van der Waals surface area contributed by atoms with Crippen molar-refractivity contribution in [3.63, 3.8) is 0 Å². The molecular weight excluding hydrogens is 1290 g/mol. The average Bonchev–Trinajstić information content (AvgIpc) is 1.30. The van der Waals surface area contributed by atoms with Crippen molar-refractivity contribution < 1.29 is 80.2 Å². The van der Waals surface area contributed by atoms with Crippen molar-refractivity contribution in [1.29, 1.82) is 0 Å². The zero-order valence-corrected chi connectivity index (χ0v) is 66.4. The molecule has 0 aliphatic rings. The van der Waals surface area contributed by atoms with Gasteiger partial charge in [-0.1, -0.05) is 375 Å². The number of rotatable bonds is 80. The fourth-order valence-electron chi connectivity index (χ4n) is 12.4. The lowest BCUT2D eigenvalue weighted by atomic mass is 10.0. The number of esters is 4. The van der Waals surface area contributed by atoms with Gasteiger partial charge in [0.2, 0.25) is 0 Å². The van der Waals surface area contributed by atoms with Crippen LogP contribution in [0.1, 0.15) is 426 Å². The molecule has 0 saturated heterocycles. The highest BCUT2D eigenvalue weighted by molar-refractivity contribution is 7.47. The van der Waals surface area contributed by atoms with E-state index in [4.69, 9.17) is 37.0 Å². The summed E-state index contributed by atoms with van der Waals surface area (Å²) in [5.74, 6) is -1.33. The van der Waals surface area contributed by atoms with Crippen molar-refractivity contribution >= 4 is 39.5 Å². The van der Waals surface area contributed by atoms with E-state index in [0.29, 0.717) is 25.7 Å². The number of ether oxygens (including phenoxy) is 4. The van der Waals surface area contributed by atoms with Gasteiger partial charge in [-0.15, -0.1) is 0 Å². The number of hydrogen-bond donors (Lipinski definition) is 3. The summed E-state index contributed by atoms with van der Waals surface area (Å²) in [6.45, 7) is 7.34. The van der Waals surface area contributed by atoms with Crippen LogP contribution in [0.15, 0.2) is 0 Å². The van der Waals surface area contributed by atoms with Crippen LogP contribution in [0.4, 0.5) is 0 Å². The lowest BCUT2D eigenvalue weighted by molar-refractivity contribution is -0.161. The summed E-state index contributed by atoms with van der Waals surface area (Å²) in [5.41, 5.74) is 0. The molecule has 0 aromatic rings. The van der Waals surface area contributed by atoms with Gasteiger partial charge in [0.25, 0.3) is 0 Å². The van der Waals surface area contributed by atoms with Crippen LogP contribution >= 0.6 is 15.6 Å². The maximum atomic E-state index is 13.1. The highest BCUT2D eigenvalue weighted by atomic mass is 31.2. The van der Waals surface area contributed by atoms with Crippen LogP contribution in [0.25, 0.3) is 0 Å². The molecule has 0 spiro atoms. The molecule has 2 unspecified atom stereocenters. The number of unbranched alkanes of at least 4 members (excludes halogenated alkanes) is 52. The van der Waals surface area contributed by atoms with Gasteiger partial charge in [-0.3, -0.25) is 37.3 Å². The van der Waals surface area contributed by atoms with E-state index in [1.54, 1.807) is 0 Å². The van der Waals surface area contributed by atoms with Gasteiger partial charge in [0, 0.05) is 25.7 Å². The first-order chi connectivity index (χ1) is 48.0. The van der Waals surface area contributed by atoms with Crippen LogP contribution in [-0.4, -0.2) is 96.7 Å². The first-order valence-electron chi connectivity index (χ1n) is 41.6. The van der Waals surface area contributed by atoms with E-state index in [0.717, 1.165) is 95.8 Å². The third-order valence-corrected chi connectivity index (χ3v) is 20.7. The third kappa shape index (κ3) is 74.1. The Morgan fingerprint density at radius 2 is 0.465 bits per heavy atom. The fourth-order valence-corrected chi connectivity index (χ4v) is 14.0. The lowest BCUT2D eigenvalue weighted by Gasteiger charge is -2.21.